The van der Waals surface area contributed by atoms with Crippen molar-refractivity contribution >= 4 is 5.91 Å². The molecule has 0 bridgehead atoms. The highest BCUT2D eigenvalue weighted by molar-refractivity contribution is 5.73. The molecule has 92 valence electrons. The Bertz CT molecular complexity index is 246. The van der Waals surface area contributed by atoms with Crippen molar-refractivity contribution in [1.82, 2.24) is 9.80 Å². The van der Waals surface area contributed by atoms with E-state index in [1.165, 1.54) is 25.7 Å². The lowest BCUT2D eigenvalue weighted by Crippen LogP contribution is -2.52. The molecule has 2 fully saturated rings. The molecule has 1 amide bonds. The fourth-order valence-corrected chi connectivity index (χ4v) is 3.14. The van der Waals surface area contributed by atoms with E-state index >= 15 is 0 Å². The van der Waals surface area contributed by atoms with E-state index in [0.29, 0.717) is 0 Å². The molecule has 0 radical (unpaired) electrons. The quantitative estimate of drug-likeness (QED) is 0.677. The average Bonchev–Trinajstić information content (AvgIpc) is 2.29. The molecule has 1 aliphatic heterocycles. The van der Waals surface area contributed by atoms with Gasteiger partial charge in [0.05, 0.1) is 0 Å². The third-order valence-corrected chi connectivity index (χ3v) is 4.18. The molecule has 16 heavy (non-hydrogen) atoms. The van der Waals surface area contributed by atoms with Gasteiger partial charge in [0.2, 0.25) is 5.91 Å². The molecule has 1 heterocycles. The van der Waals surface area contributed by atoms with Crippen molar-refractivity contribution in [3.8, 4) is 0 Å². The van der Waals surface area contributed by atoms with Crippen molar-refractivity contribution in [2.24, 2.45) is 5.92 Å². The molecule has 0 aromatic rings. The van der Waals surface area contributed by atoms with E-state index in [0.717, 1.165) is 38.1 Å². The smallest absolute Gasteiger partial charge is 0.219 e. The molecule has 1 saturated carbocycles. The number of amides is 1. The zero-order chi connectivity index (χ0) is 11.5. The summed E-state index contributed by atoms with van der Waals surface area (Å²) in [5.41, 5.74) is 0. The summed E-state index contributed by atoms with van der Waals surface area (Å²) in [4.78, 5) is 15.8. The van der Waals surface area contributed by atoms with E-state index in [4.69, 9.17) is 0 Å². The van der Waals surface area contributed by atoms with Crippen molar-refractivity contribution < 1.29 is 4.79 Å². The molecule has 0 aromatic heterocycles. The zero-order valence-electron chi connectivity index (χ0n) is 10.6. The van der Waals surface area contributed by atoms with Gasteiger partial charge in [-0.3, -0.25) is 9.69 Å². The number of nitrogens with zero attached hydrogens (tertiary/aromatic N) is 2. The molecule has 0 N–H and O–H groups in total. The summed E-state index contributed by atoms with van der Waals surface area (Å²) in [6.07, 6.45) is 5.52. The lowest BCUT2D eigenvalue weighted by molar-refractivity contribution is -0.131. The van der Waals surface area contributed by atoms with E-state index in [-0.39, 0.29) is 5.91 Å². The fraction of sp³-hybridized carbons (Fsp3) is 0.923. The van der Waals surface area contributed by atoms with Gasteiger partial charge >= 0.3 is 0 Å². The largest absolute Gasteiger partial charge is 0.340 e. The Kier molecular flexibility index (Phi) is 3.85. The number of hydrogen-bond donors (Lipinski definition) is 0. The summed E-state index contributed by atoms with van der Waals surface area (Å²) in [6.45, 7) is 8.07. The van der Waals surface area contributed by atoms with E-state index in [1.54, 1.807) is 6.92 Å². The standard InChI is InChI=1S/C13H24N2O/c1-11-4-3-5-13(10-11)15-8-6-14(7-9-15)12(2)16/h11,13H,3-10H2,1-2H3. The Morgan fingerprint density at radius 1 is 1.12 bits per heavy atom. The van der Waals surface area contributed by atoms with E-state index in [1.807, 2.05) is 4.90 Å². The minimum absolute atomic E-state index is 0.233. The molecule has 2 aliphatic rings. The lowest BCUT2D eigenvalue weighted by Gasteiger charge is -2.41. The maximum absolute atomic E-state index is 11.2. The Labute approximate surface area is 98.8 Å². The second-order valence-corrected chi connectivity index (χ2v) is 5.47. The summed E-state index contributed by atoms with van der Waals surface area (Å²) in [5.74, 6) is 1.13. The first-order chi connectivity index (χ1) is 7.66. The van der Waals surface area contributed by atoms with Crippen LogP contribution in [0.1, 0.15) is 39.5 Å². The summed E-state index contributed by atoms with van der Waals surface area (Å²) >= 11 is 0. The van der Waals surface area contributed by atoms with Gasteiger partial charge in [0.15, 0.2) is 0 Å². The van der Waals surface area contributed by atoms with Gasteiger partial charge in [-0.1, -0.05) is 19.8 Å². The fourth-order valence-electron chi connectivity index (χ4n) is 3.14. The Morgan fingerprint density at radius 2 is 1.81 bits per heavy atom. The van der Waals surface area contributed by atoms with Gasteiger partial charge in [-0.05, 0) is 18.8 Å². The number of hydrogen-bond acceptors (Lipinski definition) is 2. The SMILES string of the molecule is CC(=O)N1CCN(C2CCCC(C)C2)CC1. The molecule has 1 saturated heterocycles. The molecule has 0 spiro atoms. The van der Waals surface area contributed by atoms with Crippen LogP contribution in [-0.2, 0) is 4.79 Å². The van der Waals surface area contributed by atoms with Gasteiger partial charge in [0, 0.05) is 39.1 Å². The number of carbonyl (C=O) groups is 1. The third-order valence-electron chi connectivity index (χ3n) is 4.18. The minimum atomic E-state index is 0.233. The first-order valence-corrected chi connectivity index (χ1v) is 6.66. The van der Waals surface area contributed by atoms with Crippen LogP contribution in [-0.4, -0.2) is 47.9 Å². The Balaban J connectivity index is 1.81. The molecule has 2 rings (SSSR count). The summed E-state index contributed by atoms with van der Waals surface area (Å²) in [5, 5.41) is 0. The third kappa shape index (κ3) is 2.76. The second kappa shape index (κ2) is 5.17. The summed E-state index contributed by atoms with van der Waals surface area (Å²) in [7, 11) is 0. The maximum atomic E-state index is 11.2. The monoisotopic (exact) mass is 224 g/mol. The normalized spacial score (nSPS) is 32.8. The minimum Gasteiger partial charge on any atom is -0.340 e. The zero-order valence-corrected chi connectivity index (χ0v) is 10.6. The molecular formula is C13H24N2O. The van der Waals surface area contributed by atoms with Crippen LogP contribution in [0.25, 0.3) is 0 Å². The van der Waals surface area contributed by atoms with Crippen LogP contribution in [0.15, 0.2) is 0 Å². The first kappa shape index (κ1) is 11.9. The molecule has 2 unspecified atom stereocenters. The predicted molar refractivity (Wildman–Crippen MR) is 65.2 cm³/mol. The van der Waals surface area contributed by atoms with E-state index in [9.17, 15) is 4.79 Å². The molecule has 3 nitrogen and oxygen atoms in total. The lowest BCUT2D eigenvalue weighted by atomic mass is 9.86. The van der Waals surface area contributed by atoms with Crippen molar-refractivity contribution in [3.05, 3.63) is 0 Å². The maximum Gasteiger partial charge on any atom is 0.219 e. The molecular weight excluding hydrogens is 200 g/mol. The van der Waals surface area contributed by atoms with Crippen LogP contribution in [0.3, 0.4) is 0 Å². The van der Waals surface area contributed by atoms with E-state index in [2.05, 4.69) is 11.8 Å². The van der Waals surface area contributed by atoms with Gasteiger partial charge in [-0.2, -0.15) is 0 Å². The van der Waals surface area contributed by atoms with Crippen LogP contribution >= 0.6 is 0 Å². The first-order valence-electron chi connectivity index (χ1n) is 6.66. The summed E-state index contributed by atoms with van der Waals surface area (Å²) < 4.78 is 0. The highest BCUT2D eigenvalue weighted by Crippen LogP contribution is 2.27. The van der Waals surface area contributed by atoms with Gasteiger partial charge in [0.1, 0.15) is 0 Å². The van der Waals surface area contributed by atoms with Crippen LogP contribution in [0.2, 0.25) is 0 Å². The predicted octanol–water partition coefficient (Wildman–Crippen LogP) is 1.73. The molecule has 2 atom stereocenters. The average molecular weight is 224 g/mol. The second-order valence-electron chi connectivity index (χ2n) is 5.47. The Morgan fingerprint density at radius 3 is 2.38 bits per heavy atom. The molecule has 3 heteroatoms. The van der Waals surface area contributed by atoms with Crippen molar-refractivity contribution in [1.29, 1.82) is 0 Å². The van der Waals surface area contributed by atoms with Crippen LogP contribution in [0.4, 0.5) is 0 Å². The highest BCUT2D eigenvalue weighted by Gasteiger charge is 2.27. The molecule has 0 aromatic carbocycles. The van der Waals surface area contributed by atoms with Crippen LogP contribution < -0.4 is 0 Å². The van der Waals surface area contributed by atoms with Crippen molar-refractivity contribution in [2.45, 2.75) is 45.6 Å². The summed E-state index contributed by atoms with van der Waals surface area (Å²) in [6, 6.07) is 0.790. The van der Waals surface area contributed by atoms with Gasteiger partial charge in [-0.25, -0.2) is 0 Å². The highest BCUT2D eigenvalue weighted by atomic mass is 16.2. The van der Waals surface area contributed by atoms with Gasteiger partial charge in [0.25, 0.3) is 0 Å². The topological polar surface area (TPSA) is 23.6 Å². The Hall–Kier alpha value is -0.570. The number of piperazine rings is 1. The van der Waals surface area contributed by atoms with Crippen molar-refractivity contribution in [2.75, 3.05) is 26.2 Å². The van der Waals surface area contributed by atoms with Crippen molar-refractivity contribution in [3.63, 3.8) is 0 Å². The number of rotatable bonds is 1. The van der Waals surface area contributed by atoms with Gasteiger partial charge in [-0.15, -0.1) is 0 Å². The number of carbonyl (C=O) groups excluding carboxylic acids is 1. The van der Waals surface area contributed by atoms with Gasteiger partial charge < -0.3 is 4.90 Å². The molecule has 1 aliphatic carbocycles. The van der Waals surface area contributed by atoms with Crippen LogP contribution in [0.5, 0.6) is 0 Å². The van der Waals surface area contributed by atoms with Crippen LogP contribution in [0, 0.1) is 5.92 Å². The van der Waals surface area contributed by atoms with E-state index < -0.39 is 0 Å².